The Morgan fingerprint density at radius 3 is 2.57 bits per heavy atom. The summed E-state index contributed by atoms with van der Waals surface area (Å²) >= 11 is 5.35. The Morgan fingerprint density at radius 1 is 1.00 bits per heavy atom. The van der Waals surface area contributed by atoms with Gasteiger partial charge in [0.25, 0.3) is 0 Å². The van der Waals surface area contributed by atoms with Crippen LogP contribution in [0.15, 0.2) is 48.5 Å². The lowest BCUT2D eigenvalue weighted by atomic mass is 10.1. The molecule has 0 saturated carbocycles. The molecule has 102 valence electrons. The fourth-order valence-corrected chi connectivity index (χ4v) is 2.64. The van der Waals surface area contributed by atoms with Crippen LogP contribution in [-0.4, -0.2) is 19.6 Å². The second-order valence-electron chi connectivity index (χ2n) is 5.01. The molecular formula is C16H12N4S. The van der Waals surface area contributed by atoms with Gasteiger partial charge < -0.3 is 0 Å². The number of rotatable bonds is 1. The van der Waals surface area contributed by atoms with E-state index in [2.05, 4.69) is 29.1 Å². The smallest absolute Gasteiger partial charge is 0.221 e. The number of aromatic nitrogens is 4. The van der Waals surface area contributed by atoms with Gasteiger partial charge in [0.1, 0.15) is 0 Å². The molecule has 2 heterocycles. The molecule has 4 nitrogen and oxygen atoms in total. The van der Waals surface area contributed by atoms with Gasteiger partial charge in [0.15, 0.2) is 11.5 Å². The Bertz CT molecular complexity index is 1010. The third-order valence-electron chi connectivity index (χ3n) is 3.52. The van der Waals surface area contributed by atoms with Crippen molar-refractivity contribution in [2.24, 2.45) is 0 Å². The number of H-pyrrole nitrogens is 1. The molecule has 0 aliphatic carbocycles. The molecule has 0 aliphatic heterocycles. The molecule has 2 aromatic carbocycles. The number of aryl methyl sites for hydroxylation is 1. The van der Waals surface area contributed by atoms with Crippen LogP contribution in [0.4, 0.5) is 0 Å². The second kappa shape index (κ2) is 4.49. The van der Waals surface area contributed by atoms with Crippen molar-refractivity contribution < 1.29 is 0 Å². The molecular weight excluding hydrogens is 280 g/mol. The molecule has 4 rings (SSSR count). The summed E-state index contributed by atoms with van der Waals surface area (Å²) in [5.74, 6) is 0.791. The van der Waals surface area contributed by atoms with Crippen molar-refractivity contribution in [1.82, 2.24) is 19.6 Å². The van der Waals surface area contributed by atoms with Crippen molar-refractivity contribution in [2.45, 2.75) is 6.92 Å². The van der Waals surface area contributed by atoms with E-state index in [0.717, 1.165) is 27.9 Å². The van der Waals surface area contributed by atoms with Gasteiger partial charge in [-0.3, -0.25) is 5.10 Å². The van der Waals surface area contributed by atoms with Crippen molar-refractivity contribution in [3.63, 3.8) is 0 Å². The number of nitrogens with one attached hydrogen (secondary N) is 1. The topological polar surface area (TPSA) is 46.0 Å². The minimum Gasteiger partial charge on any atom is -0.273 e. The molecule has 0 unspecified atom stereocenters. The highest BCUT2D eigenvalue weighted by molar-refractivity contribution is 7.71. The maximum atomic E-state index is 5.35. The monoisotopic (exact) mass is 292 g/mol. The first-order chi connectivity index (χ1) is 10.2. The lowest BCUT2D eigenvalue weighted by Gasteiger charge is -1.98. The van der Waals surface area contributed by atoms with E-state index < -0.39 is 0 Å². The summed E-state index contributed by atoms with van der Waals surface area (Å²) in [5, 5.41) is 4.22. The molecule has 4 aromatic rings. The van der Waals surface area contributed by atoms with Gasteiger partial charge in [-0.25, -0.2) is 14.5 Å². The van der Waals surface area contributed by atoms with Crippen LogP contribution < -0.4 is 0 Å². The van der Waals surface area contributed by atoms with E-state index in [1.807, 2.05) is 36.4 Å². The van der Waals surface area contributed by atoms with Crippen LogP contribution >= 0.6 is 12.2 Å². The summed E-state index contributed by atoms with van der Waals surface area (Å²) in [6.45, 7) is 2.07. The predicted molar refractivity (Wildman–Crippen MR) is 85.9 cm³/mol. The Kier molecular flexibility index (Phi) is 2.62. The molecule has 0 aliphatic rings. The zero-order chi connectivity index (χ0) is 14.4. The Hall–Kier alpha value is -2.53. The number of hydrogen-bond donors (Lipinski definition) is 1. The fourth-order valence-electron chi connectivity index (χ4n) is 2.41. The van der Waals surface area contributed by atoms with Crippen LogP contribution in [0.25, 0.3) is 27.9 Å². The van der Waals surface area contributed by atoms with Crippen molar-refractivity contribution in [2.75, 3.05) is 0 Å². The minimum absolute atomic E-state index is 0.481. The third-order valence-corrected chi connectivity index (χ3v) is 3.80. The summed E-state index contributed by atoms with van der Waals surface area (Å²) < 4.78 is 2.24. The van der Waals surface area contributed by atoms with Crippen molar-refractivity contribution in [3.05, 3.63) is 58.9 Å². The normalized spacial score (nSPS) is 11.3. The zero-order valence-corrected chi connectivity index (χ0v) is 12.2. The Morgan fingerprint density at radius 2 is 1.76 bits per heavy atom. The molecule has 21 heavy (non-hydrogen) atoms. The van der Waals surface area contributed by atoms with Crippen molar-refractivity contribution >= 4 is 28.8 Å². The SMILES string of the molecule is Cc1ccc(-c2nc3c4ccccc4nc(=S)n3[nH]2)cc1. The first-order valence-corrected chi connectivity index (χ1v) is 7.08. The molecule has 0 atom stereocenters. The highest BCUT2D eigenvalue weighted by atomic mass is 32.1. The Labute approximate surface area is 126 Å². The highest BCUT2D eigenvalue weighted by Gasteiger charge is 2.09. The average Bonchev–Trinajstić information content (AvgIpc) is 2.94. The quantitative estimate of drug-likeness (QED) is 0.541. The molecule has 0 radical (unpaired) electrons. The van der Waals surface area contributed by atoms with Gasteiger partial charge in [-0.1, -0.05) is 42.0 Å². The van der Waals surface area contributed by atoms with Crippen LogP contribution in [0.3, 0.4) is 0 Å². The molecule has 1 N–H and O–H groups in total. The van der Waals surface area contributed by atoms with Crippen LogP contribution in [0, 0.1) is 11.7 Å². The van der Waals surface area contributed by atoms with Gasteiger partial charge in [-0.05, 0) is 31.3 Å². The van der Waals surface area contributed by atoms with E-state index in [0.29, 0.717) is 4.77 Å². The molecule has 0 bridgehead atoms. The van der Waals surface area contributed by atoms with Crippen LogP contribution in [0.1, 0.15) is 5.56 Å². The molecule has 5 heteroatoms. The number of para-hydroxylation sites is 1. The molecule has 0 fully saturated rings. The van der Waals surface area contributed by atoms with E-state index in [4.69, 9.17) is 17.2 Å². The lowest BCUT2D eigenvalue weighted by molar-refractivity contribution is 0.918. The van der Waals surface area contributed by atoms with Gasteiger partial charge in [0.05, 0.1) is 5.52 Å². The van der Waals surface area contributed by atoms with Gasteiger partial charge in [0, 0.05) is 10.9 Å². The fraction of sp³-hybridized carbons (Fsp3) is 0.0625. The third kappa shape index (κ3) is 1.94. The second-order valence-corrected chi connectivity index (χ2v) is 5.37. The summed E-state index contributed by atoms with van der Waals surface area (Å²) in [6, 6.07) is 16.1. The van der Waals surface area contributed by atoms with E-state index in [1.54, 1.807) is 4.52 Å². The molecule has 0 amide bonds. The maximum Gasteiger partial charge on any atom is 0.221 e. The molecule has 2 aromatic heterocycles. The van der Waals surface area contributed by atoms with Gasteiger partial charge in [-0.2, -0.15) is 0 Å². The van der Waals surface area contributed by atoms with Crippen molar-refractivity contribution in [3.8, 4) is 11.4 Å². The van der Waals surface area contributed by atoms with Gasteiger partial charge in [0.2, 0.25) is 4.77 Å². The number of hydrogen-bond acceptors (Lipinski definition) is 3. The van der Waals surface area contributed by atoms with E-state index in [-0.39, 0.29) is 0 Å². The maximum absolute atomic E-state index is 5.35. The number of fused-ring (bicyclic) bond motifs is 3. The van der Waals surface area contributed by atoms with Crippen molar-refractivity contribution in [1.29, 1.82) is 0 Å². The first kappa shape index (κ1) is 12.2. The van der Waals surface area contributed by atoms with Gasteiger partial charge >= 0.3 is 0 Å². The minimum atomic E-state index is 0.481. The predicted octanol–water partition coefficient (Wildman–Crippen LogP) is 3.92. The largest absolute Gasteiger partial charge is 0.273 e. The standard InChI is InChI=1S/C16H12N4S/c1-10-6-8-11(9-7-10)14-18-15-12-4-2-3-5-13(12)17-16(21)20(15)19-14/h2-9H,1H3,(H,18,19). The number of nitrogens with zero attached hydrogens (tertiary/aromatic N) is 3. The zero-order valence-electron chi connectivity index (χ0n) is 11.4. The number of benzene rings is 2. The van der Waals surface area contributed by atoms with E-state index >= 15 is 0 Å². The van der Waals surface area contributed by atoms with E-state index in [1.165, 1.54) is 5.56 Å². The molecule has 0 saturated heterocycles. The highest BCUT2D eigenvalue weighted by Crippen LogP contribution is 2.21. The lowest BCUT2D eigenvalue weighted by Crippen LogP contribution is -1.94. The molecule has 0 spiro atoms. The summed E-state index contributed by atoms with van der Waals surface area (Å²) in [7, 11) is 0. The summed E-state index contributed by atoms with van der Waals surface area (Å²) in [5.41, 5.74) is 3.92. The van der Waals surface area contributed by atoms with E-state index in [9.17, 15) is 0 Å². The average molecular weight is 292 g/mol. The van der Waals surface area contributed by atoms with Crippen LogP contribution in [-0.2, 0) is 0 Å². The summed E-state index contributed by atoms with van der Waals surface area (Å²) in [4.78, 5) is 9.13. The first-order valence-electron chi connectivity index (χ1n) is 6.67. The summed E-state index contributed by atoms with van der Waals surface area (Å²) in [6.07, 6.45) is 0. The van der Waals surface area contributed by atoms with Crippen LogP contribution in [0.5, 0.6) is 0 Å². The van der Waals surface area contributed by atoms with Gasteiger partial charge in [-0.15, -0.1) is 0 Å². The Balaban J connectivity index is 2.05. The van der Waals surface area contributed by atoms with Crippen LogP contribution in [0.2, 0.25) is 0 Å². The number of aromatic amines is 1.